The molecule has 9 nitrogen and oxygen atoms in total. The molecule has 178 valence electrons. The standard InChI is InChI=1S/C21H17ClF3N4O5/c1-12-4-15(29(32)10-17(12)33-3-2-30)9-28-11-27-19(21(23,24)25)18(20(28)31)34-16-6-13(8-26)5-14(22)7-16/h4-7,10-11,30,32H,2-3,9H2,1H3/q+1. The molecule has 0 saturated heterocycles. The molecule has 34 heavy (non-hydrogen) atoms. The van der Waals surface area contributed by atoms with Crippen molar-refractivity contribution in [2.45, 2.75) is 19.6 Å². The third-order valence-electron chi connectivity index (χ3n) is 4.47. The molecule has 13 heteroatoms. The van der Waals surface area contributed by atoms with E-state index in [0.717, 1.165) is 16.7 Å². The van der Waals surface area contributed by atoms with E-state index in [1.165, 1.54) is 18.3 Å². The fourth-order valence-electron chi connectivity index (χ4n) is 2.96. The quantitative estimate of drug-likeness (QED) is 0.380. The van der Waals surface area contributed by atoms with E-state index < -0.39 is 23.2 Å². The fourth-order valence-corrected chi connectivity index (χ4v) is 3.19. The summed E-state index contributed by atoms with van der Waals surface area (Å²) in [5, 5.41) is 28.2. The average Bonchev–Trinajstić information content (AvgIpc) is 2.76. The molecule has 2 N–H and O–H groups in total. The smallest absolute Gasteiger partial charge is 0.437 e. The van der Waals surface area contributed by atoms with E-state index in [1.54, 1.807) is 13.0 Å². The van der Waals surface area contributed by atoms with Crippen molar-refractivity contribution in [3.8, 4) is 23.3 Å². The number of aryl methyl sites for hydroxylation is 1. The Morgan fingerprint density at radius 1 is 1.29 bits per heavy atom. The van der Waals surface area contributed by atoms with Crippen LogP contribution in [0.3, 0.4) is 0 Å². The maximum atomic E-state index is 13.5. The number of hydrogen-bond donors (Lipinski definition) is 2. The van der Waals surface area contributed by atoms with Crippen LogP contribution in [0, 0.1) is 18.3 Å². The topological polar surface area (TPSA) is 121 Å². The van der Waals surface area contributed by atoms with Crippen molar-refractivity contribution in [3.63, 3.8) is 0 Å². The van der Waals surface area contributed by atoms with Crippen LogP contribution in [-0.2, 0) is 12.7 Å². The second-order valence-electron chi connectivity index (χ2n) is 6.97. The normalized spacial score (nSPS) is 11.2. The van der Waals surface area contributed by atoms with Crippen molar-refractivity contribution < 1.29 is 37.7 Å². The van der Waals surface area contributed by atoms with Crippen LogP contribution in [0.4, 0.5) is 13.2 Å². The van der Waals surface area contributed by atoms with Crippen molar-refractivity contribution in [1.29, 1.82) is 5.26 Å². The lowest BCUT2D eigenvalue weighted by Gasteiger charge is -2.14. The van der Waals surface area contributed by atoms with Gasteiger partial charge in [0.15, 0.2) is 11.4 Å². The number of hydrogen-bond acceptors (Lipinski definition) is 7. The van der Waals surface area contributed by atoms with E-state index in [-0.39, 0.29) is 47.5 Å². The van der Waals surface area contributed by atoms with Crippen LogP contribution in [0.25, 0.3) is 0 Å². The Labute approximate surface area is 195 Å². The summed E-state index contributed by atoms with van der Waals surface area (Å²) in [6.45, 7) is 1.02. The number of nitriles is 1. The molecule has 3 rings (SSSR count). The Morgan fingerprint density at radius 3 is 2.68 bits per heavy atom. The molecule has 2 aromatic heterocycles. The van der Waals surface area contributed by atoms with Gasteiger partial charge in [0.25, 0.3) is 17.5 Å². The first-order valence-electron chi connectivity index (χ1n) is 9.56. The molecule has 0 amide bonds. The molecular formula is C21H17ClF3N4O5+. The van der Waals surface area contributed by atoms with Gasteiger partial charge in [0, 0.05) is 21.4 Å². The average molecular weight is 498 g/mol. The van der Waals surface area contributed by atoms with Gasteiger partial charge in [-0.15, -0.1) is 0 Å². The summed E-state index contributed by atoms with van der Waals surface area (Å²) in [7, 11) is 0. The maximum Gasteiger partial charge on any atom is 0.437 e. The number of aliphatic hydroxyl groups is 1. The molecule has 0 unspecified atom stereocenters. The van der Waals surface area contributed by atoms with Crippen molar-refractivity contribution in [3.05, 3.63) is 74.7 Å². The van der Waals surface area contributed by atoms with Crippen molar-refractivity contribution >= 4 is 11.6 Å². The van der Waals surface area contributed by atoms with Crippen LogP contribution >= 0.6 is 11.6 Å². The Hall–Kier alpha value is -3.82. The second kappa shape index (κ2) is 9.98. The van der Waals surface area contributed by atoms with E-state index in [1.807, 2.05) is 0 Å². The van der Waals surface area contributed by atoms with Crippen molar-refractivity contribution in [2.24, 2.45) is 0 Å². The molecule has 3 aromatic rings. The zero-order chi connectivity index (χ0) is 25.0. The Morgan fingerprint density at radius 2 is 2.03 bits per heavy atom. The monoisotopic (exact) mass is 497 g/mol. The summed E-state index contributed by atoms with van der Waals surface area (Å²) in [5.41, 5.74) is -2.06. The van der Waals surface area contributed by atoms with Crippen LogP contribution in [-0.4, -0.2) is 33.1 Å². The van der Waals surface area contributed by atoms with Gasteiger partial charge in [-0.3, -0.25) is 14.6 Å². The SMILES string of the molecule is Cc1cc(Cn2cnc(C(F)(F)F)c(Oc3cc(Cl)cc(C#N)c3)c2=O)[n+](O)cc1OCCO. The lowest BCUT2D eigenvalue weighted by atomic mass is 10.2. The second-order valence-corrected chi connectivity index (χ2v) is 7.41. The van der Waals surface area contributed by atoms with Gasteiger partial charge in [0.05, 0.1) is 24.6 Å². The zero-order valence-corrected chi connectivity index (χ0v) is 18.3. The zero-order valence-electron chi connectivity index (χ0n) is 17.5. The molecule has 0 atom stereocenters. The highest BCUT2D eigenvalue weighted by molar-refractivity contribution is 6.30. The van der Waals surface area contributed by atoms with Gasteiger partial charge in [0.2, 0.25) is 5.75 Å². The minimum absolute atomic E-state index is 0.0137. The predicted molar refractivity (Wildman–Crippen MR) is 110 cm³/mol. The van der Waals surface area contributed by atoms with Gasteiger partial charge in [-0.1, -0.05) is 11.6 Å². The number of aromatic nitrogens is 3. The van der Waals surface area contributed by atoms with Crippen LogP contribution in [0.2, 0.25) is 5.02 Å². The highest BCUT2D eigenvalue weighted by Crippen LogP contribution is 2.35. The lowest BCUT2D eigenvalue weighted by Crippen LogP contribution is -2.38. The van der Waals surface area contributed by atoms with E-state index >= 15 is 0 Å². The highest BCUT2D eigenvalue weighted by atomic mass is 35.5. The van der Waals surface area contributed by atoms with Gasteiger partial charge in [0.1, 0.15) is 18.9 Å². The number of aliphatic hydroxyl groups excluding tert-OH is 1. The van der Waals surface area contributed by atoms with E-state index in [0.29, 0.717) is 16.6 Å². The molecular weight excluding hydrogens is 481 g/mol. The molecule has 0 spiro atoms. The van der Waals surface area contributed by atoms with Gasteiger partial charge >= 0.3 is 6.18 Å². The Balaban J connectivity index is 2.05. The lowest BCUT2D eigenvalue weighted by molar-refractivity contribution is -0.909. The molecule has 0 bridgehead atoms. The molecule has 0 saturated carbocycles. The highest BCUT2D eigenvalue weighted by Gasteiger charge is 2.39. The summed E-state index contributed by atoms with van der Waals surface area (Å²) < 4.78 is 52.5. The maximum absolute atomic E-state index is 13.5. The molecule has 2 heterocycles. The number of rotatable bonds is 7. The number of ether oxygens (including phenoxy) is 2. The number of halogens is 4. The summed E-state index contributed by atoms with van der Waals surface area (Å²) in [6.07, 6.45) is -3.14. The van der Waals surface area contributed by atoms with Crippen LogP contribution < -0.4 is 19.8 Å². The van der Waals surface area contributed by atoms with E-state index in [9.17, 15) is 23.2 Å². The minimum atomic E-state index is -5.01. The predicted octanol–water partition coefficient (Wildman–Crippen LogP) is 2.83. The molecule has 0 radical (unpaired) electrons. The number of nitrogens with zero attached hydrogens (tertiary/aromatic N) is 4. The van der Waals surface area contributed by atoms with Crippen molar-refractivity contribution in [1.82, 2.24) is 9.55 Å². The third-order valence-corrected chi connectivity index (χ3v) is 4.69. The first kappa shape index (κ1) is 24.8. The molecule has 0 aliphatic rings. The van der Waals surface area contributed by atoms with E-state index in [4.69, 9.17) is 31.4 Å². The number of benzene rings is 1. The minimum Gasteiger partial charge on any atom is -0.485 e. The fraction of sp³-hybridized carbons (Fsp3) is 0.238. The van der Waals surface area contributed by atoms with Gasteiger partial charge in [-0.25, -0.2) is 4.98 Å². The molecule has 0 aliphatic carbocycles. The number of pyridine rings is 1. The summed E-state index contributed by atoms with van der Waals surface area (Å²) in [6, 6.07) is 6.78. The summed E-state index contributed by atoms with van der Waals surface area (Å²) in [4.78, 5) is 16.3. The molecule has 0 aliphatic heterocycles. The van der Waals surface area contributed by atoms with Gasteiger partial charge < -0.3 is 14.6 Å². The first-order valence-corrected chi connectivity index (χ1v) is 9.94. The molecule has 1 aromatic carbocycles. The first-order chi connectivity index (χ1) is 16.0. The van der Waals surface area contributed by atoms with Crippen LogP contribution in [0.15, 0.2) is 41.6 Å². The van der Waals surface area contributed by atoms with Crippen molar-refractivity contribution in [2.75, 3.05) is 13.2 Å². The number of alkyl halides is 3. The third kappa shape index (κ3) is 5.56. The summed E-state index contributed by atoms with van der Waals surface area (Å²) in [5.74, 6) is -1.12. The Bertz CT molecular complexity index is 1320. The van der Waals surface area contributed by atoms with Gasteiger partial charge in [-0.05, 0) is 25.1 Å². The van der Waals surface area contributed by atoms with E-state index in [2.05, 4.69) is 4.98 Å². The largest absolute Gasteiger partial charge is 0.485 e. The Kier molecular flexibility index (Phi) is 7.29. The van der Waals surface area contributed by atoms with Crippen LogP contribution in [0.5, 0.6) is 17.2 Å². The molecule has 0 fully saturated rings. The summed E-state index contributed by atoms with van der Waals surface area (Å²) >= 11 is 5.87. The van der Waals surface area contributed by atoms with Crippen LogP contribution in [0.1, 0.15) is 22.5 Å². The van der Waals surface area contributed by atoms with Gasteiger partial charge in [-0.2, -0.15) is 18.4 Å².